The Hall–Kier alpha value is 0.140. The average molecular weight is 681 g/mol. The van der Waals surface area contributed by atoms with Crippen LogP contribution in [0.4, 0.5) is 0 Å². The van der Waals surface area contributed by atoms with Gasteiger partial charge >= 0.3 is 15.6 Å². The van der Waals surface area contributed by atoms with Crippen LogP contribution in [0.5, 0.6) is 0 Å². The predicted octanol–water partition coefficient (Wildman–Crippen LogP) is 9.06. The van der Waals surface area contributed by atoms with Gasteiger partial charge in [0.25, 0.3) is 0 Å². The molecule has 10 nitrogen and oxygen atoms in total. The fraction of sp³-hybridized carbons (Fsp3) is 1.00. The number of hydrogen-bond acceptors (Lipinski definition) is 4. The summed E-state index contributed by atoms with van der Waals surface area (Å²) in [6.07, 6.45) is 38.4. The highest BCUT2D eigenvalue weighted by molar-refractivity contribution is 7.45. The van der Waals surface area contributed by atoms with Gasteiger partial charge in [0, 0.05) is 13.2 Å². The Bertz CT molecular complexity index is 491. The molecular weight excluding hydrogens is 606 g/mol. The van der Waals surface area contributed by atoms with Gasteiger partial charge in [-0.25, -0.2) is 9.13 Å². The number of unbranched alkanes of at least 4 members (excludes halogenated alkanes) is 26. The lowest BCUT2D eigenvalue weighted by atomic mass is 10.0. The fourth-order valence-corrected chi connectivity index (χ4v) is 4.61. The molecule has 0 unspecified atom stereocenters. The SMILES string of the molecule is CCCCCCCCCCCCCCCCO.CCCCCCCCCCCCCCCCO.O=P(O)(O)O.O=P(O)(O)O. The summed E-state index contributed by atoms with van der Waals surface area (Å²) < 4.78 is 17.8. The molecule has 0 aliphatic carbocycles. The van der Waals surface area contributed by atoms with Gasteiger partial charge in [-0.05, 0) is 12.8 Å². The summed E-state index contributed by atoms with van der Waals surface area (Å²) in [4.78, 5) is 43.1. The van der Waals surface area contributed by atoms with Crippen molar-refractivity contribution in [3.05, 3.63) is 0 Å². The maximum atomic E-state index is 8.88. The highest BCUT2D eigenvalue weighted by Crippen LogP contribution is 2.26. The maximum Gasteiger partial charge on any atom is 0.466 e. The van der Waals surface area contributed by atoms with Crippen LogP contribution in [0.25, 0.3) is 0 Å². The molecule has 44 heavy (non-hydrogen) atoms. The van der Waals surface area contributed by atoms with Crippen LogP contribution in [0, 0.1) is 0 Å². The summed E-state index contributed by atoms with van der Waals surface area (Å²) in [5, 5.41) is 17.3. The molecule has 0 aromatic carbocycles. The lowest BCUT2D eigenvalue weighted by Gasteiger charge is -2.02. The van der Waals surface area contributed by atoms with Gasteiger partial charge in [0.15, 0.2) is 0 Å². The molecule has 0 aliphatic heterocycles. The van der Waals surface area contributed by atoms with Gasteiger partial charge in [0.05, 0.1) is 0 Å². The Morgan fingerprint density at radius 3 is 0.523 bits per heavy atom. The predicted molar refractivity (Wildman–Crippen MR) is 183 cm³/mol. The zero-order valence-corrected chi connectivity index (χ0v) is 30.3. The molecule has 0 aromatic heterocycles. The Balaban J connectivity index is -0.000000278. The van der Waals surface area contributed by atoms with E-state index in [-0.39, 0.29) is 0 Å². The summed E-state index contributed by atoms with van der Waals surface area (Å²) in [5.41, 5.74) is 0. The molecule has 0 amide bonds. The second-order valence-corrected chi connectivity index (χ2v) is 13.7. The summed E-state index contributed by atoms with van der Waals surface area (Å²) in [7, 11) is -9.28. The molecule has 272 valence electrons. The first-order valence-electron chi connectivity index (χ1n) is 17.6. The van der Waals surface area contributed by atoms with Crippen molar-refractivity contribution in [2.75, 3.05) is 13.2 Å². The largest absolute Gasteiger partial charge is 0.466 e. The monoisotopic (exact) mass is 680 g/mol. The second-order valence-electron chi connectivity index (χ2n) is 11.7. The van der Waals surface area contributed by atoms with Gasteiger partial charge in [0.1, 0.15) is 0 Å². The molecule has 8 N–H and O–H groups in total. The zero-order chi connectivity index (χ0) is 34.2. The molecule has 0 aromatic rings. The first kappa shape index (κ1) is 51.0. The van der Waals surface area contributed by atoms with Gasteiger partial charge in [-0.1, -0.05) is 181 Å². The van der Waals surface area contributed by atoms with Crippen molar-refractivity contribution < 1.29 is 48.7 Å². The van der Waals surface area contributed by atoms with Crippen molar-refractivity contribution in [2.24, 2.45) is 0 Å². The van der Waals surface area contributed by atoms with Crippen LogP contribution in [-0.2, 0) is 9.13 Å². The van der Waals surface area contributed by atoms with E-state index in [1.165, 1.54) is 167 Å². The number of phosphoric acid groups is 2. The van der Waals surface area contributed by atoms with E-state index < -0.39 is 15.6 Å². The third kappa shape index (κ3) is 90.1. The molecule has 12 heteroatoms. The summed E-state index contributed by atoms with van der Waals surface area (Å²) in [5.74, 6) is 0. The number of rotatable bonds is 28. The molecular formula is C32H74O10P2. The van der Waals surface area contributed by atoms with Crippen LogP contribution in [-0.4, -0.2) is 52.8 Å². The fourth-order valence-electron chi connectivity index (χ4n) is 4.61. The number of hydrogen-bond donors (Lipinski definition) is 8. The highest BCUT2D eigenvalue weighted by Gasteiger charge is 2.01. The minimum absolute atomic E-state index is 0.373. The molecule has 0 saturated heterocycles. The van der Waals surface area contributed by atoms with Crippen LogP contribution in [0.15, 0.2) is 0 Å². The van der Waals surface area contributed by atoms with Crippen molar-refractivity contribution in [2.45, 2.75) is 194 Å². The third-order valence-electron chi connectivity index (χ3n) is 7.02. The van der Waals surface area contributed by atoms with Crippen LogP contribution in [0.1, 0.15) is 194 Å². The van der Waals surface area contributed by atoms with Gasteiger partial charge in [-0.3, -0.25) is 0 Å². The standard InChI is InChI=1S/2C16H34O.2H3O4P/c2*1-2-3-4-5-6-7-8-9-10-11-12-13-14-15-16-17;2*1-5(2,3)4/h2*17H,2-16H2,1H3;2*(H3,1,2,3,4). The second kappa shape index (κ2) is 43.1. The topological polar surface area (TPSA) is 196 Å². The molecule has 0 radical (unpaired) electrons. The molecule has 0 aliphatic rings. The normalized spacial score (nSPS) is 11.1. The van der Waals surface area contributed by atoms with Crippen molar-refractivity contribution in [1.29, 1.82) is 0 Å². The maximum absolute atomic E-state index is 8.88. The lowest BCUT2D eigenvalue weighted by molar-refractivity contribution is 0.272. The molecule has 0 bridgehead atoms. The van der Waals surface area contributed by atoms with Gasteiger partial charge in [-0.15, -0.1) is 0 Å². The first-order valence-corrected chi connectivity index (χ1v) is 20.7. The van der Waals surface area contributed by atoms with Gasteiger partial charge in [0.2, 0.25) is 0 Å². The van der Waals surface area contributed by atoms with Crippen LogP contribution in [0.2, 0.25) is 0 Å². The summed E-state index contributed by atoms with van der Waals surface area (Å²) >= 11 is 0. The Labute approximate surface area is 271 Å². The van der Waals surface area contributed by atoms with Crippen molar-refractivity contribution in [3.63, 3.8) is 0 Å². The number of aliphatic hydroxyl groups excluding tert-OH is 2. The Morgan fingerprint density at radius 1 is 0.295 bits per heavy atom. The van der Waals surface area contributed by atoms with E-state index in [2.05, 4.69) is 13.8 Å². The van der Waals surface area contributed by atoms with E-state index in [1.807, 2.05) is 0 Å². The molecule has 0 rings (SSSR count). The average Bonchev–Trinajstić information content (AvgIpc) is 2.92. The first-order chi connectivity index (χ1) is 20.8. The quantitative estimate of drug-likeness (QED) is 0.0291. The van der Waals surface area contributed by atoms with E-state index in [4.69, 9.17) is 48.7 Å². The van der Waals surface area contributed by atoms with E-state index in [0.717, 1.165) is 12.8 Å². The molecule has 0 atom stereocenters. The molecule has 0 spiro atoms. The van der Waals surface area contributed by atoms with E-state index in [9.17, 15) is 0 Å². The van der Waals surface area contributed by atoms with E-state index >= 15 is 0 Å². The van der Waals surface area contributed by atoms with Crippen molar-refractivity contribution in [1.82, 2.24) is 0 Å². The summed E-state index contributed by atoms with van der Waals surface area (Å²) in [6, 6.07) is 0. The molecule has 0 saturated carbocycles. The highest BCUT2D eigenvalue weighted by atomic mass is 31.2. The Kier molecular flexibility index (Phi) is 50.0. The zero-order valence-electron chi connectivity index (χ0n) is 28.5. The van der Waals surface area contributed by atoms with Crippen LogP contribution < -0.4 is 0 Å². The van der Waals surface area contributed by atoms with Crippen LogP contribution >= 0.6 is 15.6 Å². The minimum atomic E-state index is -4.64. The van der Waals surface area contributed by atoms with Crippen molar-refractivity contribution >= 4 is 15.6 Å². The van der Waals surface area contributed by atoms with Crippen LogP contribution in [0.3, 0.4) is 0 Å². The van der Waals surface area contributed by atoms with Crippen molar-refractivity contribution in [3.8, 4) is 0 Å². The Morgan fingerprint density at radius 2 is 0.409 bits per heavy atom. The van der Waals surface area contributed by atoms with Gasteiger partial charge in [-0.2, -0.15) is 0 Å². The molecule has 0 fully saturated rings. The van der Waals surface area contributed by atoms with E-state index in [0.29, 0.717) is 13.2 Å². The van der Waals surface area contributed by atoms with E-state index in [1.54, 1.807) is 0 Å². The minimum Gasteiger partial charge on any atom is -0.396 e. The molecule has 0 heterocycles. The number of aliphatic hydroxyl groups is 2. The lowest BCUT2D eigenvalue weighted by Crippen LogP contribution is -1.84. The smallest absolute Gasteiger partial charge is 0.396 e. The third-order valence-corrected chi connectivity index (χ3v) is 7.02. The summed E-state index contributed by atoms with van der Waals surface area (Å²) in [6.45, 7) is 5.30. The van der Waals surface area contributed by atoms with Gasteiger partial charge < -0.3 is 39.6 Å².